The lowest BCUT2D eigenvalue weighted by Crippen LogP contribution is -2.33. The average molecular weight is 214 g/mol. The molecule has 0 aromatic carbocycles. The zero-order valence-electron chi connectivity index (χ0n) is 9.71. The van der Waals surface area contributed by atoms with Gasteiger partial charge in [-0.1, -0.05) is 0 Å². The van der Waals surface area contributed by atoms with E-state index in [2.05, 4.69) is 10.6 Å². The topological polar surface area (TPSA) is 50.4 Å². The van der Waals surface area contributed by atoms with Crippen molar-refractivity contribution in [3.63, 3.8) is 0 Å². The van der Waals surface area contributed by atoms with Crippen molar-refractivity contribution in [1.29, 1.82) is 0 Å². The first-order chi connectivity index (χ1) is 7.18. The fourth-order valence-electron chi connectivity index (χ4n) is 1.68. The first-order valence-electron chi connectivity index (χ1n) is 5.80. The van der Waals surface area contributed by atoms with Gasteiger partial charge in [-0.2, -0.15) is 0 Å². The highest BCUT2D eigenvalue weighted by atomic mass is 16.5. The molecule has 1 aliphatic heterocycles. The van der Waals surface area contributed by atoms with Crippen molar-refractivity contribution in [2.45, 2.75) is 45.3 Å². The monoisotopic (exact) mass is 214 g/mol. The summed E-state index contributed by atoms with van der Waals surface area (Å²) in [6, 6.07) is 0.594. The van der Waals surface area contributed by atoms with Crippen LogP contribution in [0.1, 0.15) is 33.1 Å². The van der Waals surface area contributed by atoms with Gasteiger partial charge in [0.05, 0.1) is 6.10 Å². The van der Waals surface area contributed by atoms with Crippen LogP contribution in [0.2, 0.25) is 0 Å². The minimum absolute atomic E-state index is 0.0123. The minimum Gasteiger partial charge on any atom is -0.369 e. The maximum Gasteiger partial charge on any atom is 0.246 e. The zero-order chi connectivity index (χ0) is 11.1. The minimum atomic E-state index is -0.0123. The highest BCUT2D eigenvalue weighted by molar-refractivity contribution is 5.77. The van der Waals surface area contributed by atoms with E-state index in [4.69, 9.17) is 4.74 Å². The van der Waals surface area contributed by atoms with Gasteiger partial charge in [-0.3, -0.25) is 4.79 Å². The van der Waals surface area contributed by atoms with E-state index in [1.807, 2.05) is 13.8 Å². The van der Waals surface area contributed by atoms with Gasteiger partial charge in [0.25, 0.3) is 0 Å². The molecule has 1 rings (SSSR count). The predicted octanol–water partition coefficient (Wildman–Crippen LogP) is 0.670. The number of rotatable bonds is 6. The van der Waals surface area contributed by atoms with E-state index < -0.39 is 0 Å². The molecule has 1 atom stereocenters. The lowest BCUT2D eigenvalue weighted by atomic mass is 10.1. The maximum atomic E-state index is 11.3. The first kappa shape index (κ1) is 12.5. The van der Waals surface area contributed by atoms with Crippen molar-refractivity contribution in [3.05, 3.63) is 0 Å². The lowest BCUT2D eigenvalue weighted by molar-refractivity contribution is -0.127. The molecule has 2 N–H and O–H groups in total. The molecule has 1 aliphatic rings. The van der Waals surface area contributed by atoms with Crippen molar-refractivity contribution in [2.24, 2.45) is 0 Å². The quantitative estimate of drug-likeness (QED) is 0.683. The Morgan fingerprint density at radius 2 is 2.40 bits per heavy atom. The molecule has 1 amide bonds. The smallest absolute Gasteiger partial charge is 0.246 e. The van der Waals surface area contributed by atoms with Gasteiger partial charge >= 0.3 is 0 Å². The summed E-state index contributed by atoms with van der Waals surface area (Å²) < 4.78 is 5.20. The molecule has 0 aliphatic carbocycles. The van der Waals surface area contributed by atoms with E-state index in [-0.39, 0.29) is 18.6 Å². The highest BCUT2D eigenvalue weighted by Gasteiger charge is 2.13. The van der Waals surface area contributed by atoms with E-state index in [1.165, 1.54) is 12.8 Å². The molecule has 1 heterocycles. The van der Waals surface area contributed by atoms with Crippen LogP contribution in [0.15, 0.2) is 0 Å². The van der Waals surface area contributed by atoms with Gasteiger partial charge in [0.1, 0.15) is 6.61 Å². The Morgan fingerprint density at radius 3 is 3.00 bits per heavy atom. The van der Waals surface area contributed by atoms with Crippen LogP contribution in [0.25, 0.3) is 0 Å². The zero-order valence-corrected chi connectivity index (χ0v) is 9.71. The first-order valence-corrected chi connectivity index (χ1v) is 5.80. The SMILES string of the molecule is CC(C)OCC(=O)NCC[C@H]1CCCN1. The molecular formula is C11H22N2O2. The molecule has 0 unspecified atom stereocenters. The fraction of sp³-hybridized carbons (Fsp3) is 0.909. The van der Waals surface area contributed by atoms with Crippen LogP contribution in [-0.2, 0) is 9.53 Å². The van der Waals surface area contributed by atoms with Gasteiger partial charge in [0, 0.05) is 12.6 Å². The Kier molecular flexibility index (Phi) is 5.65. The van der Waals surface area contributed by atoms with Crippen LogP contribution in [0.4, 0.5) is 0 Å². The number of nitrogens with one attached hydrogen (secondary N) is 2. The molecule has 4 nitrogen and oxygen atoms in total. The van der Waals surface area contributed by atoms with Crippen molar-refractivity contribution in [2.75, 3.05) is 19.7 Å². The summed E-state index contributed by atoms with van der Waals surface area (Å²) in [4.78, 5) is 11.3. The van der Waals surface area contributed by atoms with Gasteiger partial charge in [-0.15, -0.1) is 0 Å². The molecule has 1 saturated heterocycles. The van der Waals surface area contributed by atoms with Crippen LogP contribution in [0.5, 0.6) is 0 Å². The van der Waals surface area contributed by atoms with Crippen LogP contribution in [0, 0.1) is 0 Å². The molecule has 15 heavy (non-hydrogen) atoms. The van der Waals surface area contributed by atoms with Crippen molar-refractivity contribution in [1.82, 2.24) is 10.6 Å². The highest BCUT2D eigenvalue weighted by Crippen LogP contribution is 2.07. The molecule has 0 aromatic heterocycles. The van der Waals surface area contributed by atoms with Crippen molar-refractivity contribution in [3.8, 4) is 0 Å². The van der Waals surface area contributed by atoms with E-state index in [9.17, 15) is 4.79 Å². The number of carbonyl (C=O) groups excluding carboxylic acids is 1. The lowest BCUT2D eigenvalue weighted by Gasteiger charge is -2.11. The second-order valence-electron chi connectivity index (χ2n) is 4.29. The molecule has 0 spiro atoms. The summed E-state index contributed by atoms with van der Waals surface area (Å²) in [5.74, 6) is -0.0123. The third-order valence-corrected chi connectivity index (χ3v) is 2.53. The van der Waals surface area contributed by atoms with E-state index in [1.54, 1.807) is 0 Å². The van der Waals surface area contributed by atoms with Crippen LogP contribution < -0.4 is 10.6 Å². The summed E-state index contributed by atoms with van der Waals surface area (Å²) in [5.41, 5.74) is 0. The van der Waals surface area contributed by atoms with Crippen LogP contribution >= 0.6 is 0 Å². The summed E-state index contributed by atoms with van der Waals surface area (Å²) >= 11 is 0. The number of amides is 1. The van der Waals surface area contributed by atoms with E-state index >= 15 is 0 Å². The Balaban J connectivity index is 1.96. The van der Waals surface area contributed by atoms with Crippen LogP contribution in [0.3, 0.4) is 0 Å². The molecular weight excluding hydrogens is 192 g/mol. The number of hydrogen-bond donors (Lipinski definition) is 2. The van der Waals surface area contributed by atoms with Gasteiger partial charge in [-0.25, -0.2) is 0 Å². The molecule has 0 radical (unpaired) electrons. The Morgan fingerprint density at radius 1 is 1.60 bits per heavy atom. The third kappa shape index (κ3) is 5.74. The molecule has 88 valence electrons. The van der Waals surface area contributed by atoms with Crippen LogP contribution in [-0.4, -0.2) is 37.7 Å². The molecule has 0 bridgehead atoms. The van der Waals surface area contributed by atoms with E-state index in [0.29, 0.717) is 6.04 Å². The second kappa shape index (κ2) is 6.80. The Hall–Kier alpha value is -0.610. The standard InChI is InChI=1S/C11H22N2O2/c1-9(2)15-8-11(14)13-7-5-10-4-3-6-12-10/h9-10,12H,3-8H2,1-2H3,(H,13,14)/t10-/m1/s1. The summed E-state index contributed by atoms with van der Waals surface area (Å²) in [7, 11) is 0. The number of hydrogen-bond acceptors (Lipinski definition) is 3. The Bertz CT molecular complexity index is 189. The van der Waals surface area contributed by atoms with Crippen molar-refractivity contribution >= 4 is 5.91 Å². The average Bonchev–Trinajstić information content (AvgIpc) is 2.67. The predicted molar refractivity (Wildman–Crippen MR) is 59.7 cm³/mol. The molecule has 0 aromatic rings. The summed E-state index contributed by atoms with van der Waals surface area (Å²) in [6.45, 7) is 5.90. The van der Waals surface area contributed by atoms with E-state index in [0.717, 1.165) is 19.5 Å². The number of ether oxygens (including phenoxy) is 1. The largest absolute Gasteiger partial charge is 0.369 e. The molecule has 0 saturated carbocycles. The van der Waals surface area contributed by atoms with Gasteiger partial charge in [-0.05, 0) is 39.7 Å². The van der Waals surface area contributed by atoms with Crippen molar-refractivity contribution < 1.29 is 9.53 Å². The summed E-state index contributed by atoms with van der Waals surface area (Å²) in [5, 5.41) is 6.26. The number of carbonyl (C=O) groups is 1. The molecule has 4 heteroatoms. The normalized spacial score (nSPS) is 20.9. The third-order valence-electron chi connectivity index (χ3n) is 2.53. The molecule has 1 fully saturated rings. The van der Waals surface area contributed by atoms with Gasteiger partial charge in [0.15, 0.2) is 0 Å². The second-order valence-corrected chi connectivity index (χ2v) is 4.29. The summed E-state index contributed by atoms with van der Waals surface area (Å²) in [6.07, 6.45) is 3.63. The van der Waals surface area contributed by atoms with Gasteiger partial charge in [0.2, 0.25) is 5.91 Å². The van der Waals surface area contributed by atoms with Gasteiger partial charge < -0.3 is 15.4 Å². The Labute approximate surface area is 91.8 Å². The maximum absolute atomic E-state index is 11.3. The fourth-order valence-corrected chi connectivity index (χ4v) is 1.68.